The molecule has 2 aliphatic rings. The lowest BCUT2D eigenvalue weighted by Crippen LogP contribution is -2.45. The Morgan fingerprint density at radius 2 is 2.24 bits per heavy atom. The number of hydrogen-bond donors (Lipinski definition) is 2. The number of nitrogens with zero attached hydrogens (tertiary/aromatic N) is 4. The fraction of sp³-hybridized carbons (Fsp3) is 0.421. The second-order valence-corrected chi connectivity index (χ2v) is 8.98. The molecule has 0 bridgehead atoms. The van der Waals surface area contributed by atoms with E-state index in [0.717, 1.165) is 29.4 Å². The van der Waals surface area contributed by atoms with E-state index in [4.69, 9.17) is 16.3 Å². The van der Waals surface area contributed by atoms with Crippen molar-refractivity contribution in [2.75, 3.05) is 31.6 Å². The van der Waals surface area contributed by atoms with Gasteiger partial charge in [-0.25, -0.2) is 23.6 Å². The number of rotatable bonds is 6. The van der Waals surface area contributed by atoms with Crippen LogP contribution >= 0.6 is 23.5 Å². The van der Waals surface area contributed by atoms with Crippen LogP contribution in [0, 0.1) is 5.82 Å². The Morgan fingerprint density at radius 1 is 1.34 bits per heavy atom. The van der Waals surface area contributed by atoms with Crippen molar-refractivity contribution in [1.29, 1.82) is 0 Å². The van der Waals surface area contributed by atoms with Gasteiger partial charge in [0.1, 0.15) is 5.65 Å². The van der Waals surface area contributed by atoms with E-state index in [1.807, 2.05) is 11.9 Å². The number of aromatic amines is 1. The summed E-state index contributed by atoms with van der Waals surface area (Å²) in [5, 5.41) is 5.19. The van der Waals surface area contributed by atoms with Gasteiger partial charge in [0, 0.05) is 41.7 Å². The van der Waals surface area contributed by atoms with Crippen LogP contribution in [0.5, 0.6) is 0 Å². The topological polar surface area (TPSA) is 79.0 Å². The van der Waals surface area contributed by atoms with Crippen molar-refractivity contribution in [1.82, 2.24) is 24.2 Å². The summed E-state index contributed by atoms with van der Waals surface area (Å²) in [6.07, 6.45) is 7.06. The van der Waals surface area contributed by atoms with Crippen molar-refractivity contribution in [2.45, 2.75) is 24.1 Å². The number of halogens is 2. The van der Waals surface area contributed by atoms with Gasteiger partial charge in [-0.3, -0.25) is 0 Å². The zero-order valence-corrected chi connectivity index (χ0v) is 17.1. The molecule has 0 radical (unpaired) electrons. The summed E-state index contributed by atoms with van der Waals surface area (Å²) < 4.78 is 22.4. The number of pyridine rings is 1. The van der Waals surface area contributed by atoms with Crippen LogP contribution in [0.2, 0.25) is 5.02 Å². The van der Waals surface area contributed by atoms with E-state index in [1.165, 1.54) is 19.0 Å². The van der Waals surface area contributed by atoms with Crippen molar-refractivity contribution in [3.8, 4) is 11.4 Å². The molecule has 5 rings (SSSR count). The number of aromatic nitrogens is 4. The first-order valence-electron chi connectivity index (χ1n) is 9.58. The Labute approximate surface area is 176 Å². The summed E-state index contributed by atoms with van der Waals surface area (Å²) >= 11 is 7.97. The van der Waals surface area contributed by atoms with Crippen LogP contribution in [0.15, 0.2) is 24.7 Å². The molecule has 152 valence electrons. The summed E-state index contributed by atoms with van der Waals surface area (Å²) in [5.74, 6) is 0.109. The number of H-pyrrole nitrogens is 1. The molecule has 1 saturated carbocycles. The van der Waals surface area contributed by atoms with Crippen LogP contribution in [-0.4, -0.2) is 61.8 Å². The molecule has 3 aromatic rings. The van der Waals surface area contributed by atoms with Crippen LogP contribution in [0.25, 0.3) is 22.4 Å². The number of fused-ring (bicyclic) bond motifs is 1. The first-order valence-corrected chi connectivity index (χ1v) is 10.8. The smallest absolute Gasteiger partial charge is 0.183 e. The number of morpholine rings is 1. The molecule has 10 heteroatoms. The molecule has 1 aliphatic heterocycles. The van der Waals surface area contributed by atoms with E-state index in [1.54, 1.807) is 18.5 Å². The molecule has 3 aromatic heterocycles. The van der Waals surface area contributed by atoms with Crippen LogP contribution in [0.4, 0.5) is 10.2 Å². The van der Waals surface area contributed by atoms with Gasteiger partial charge in [0.25, 0.3) is 0 Å². The predicted molar refractivity (Wildman–Crippen MR) is 113 cm³/mol. The molecule has 1 aliphatic carbocycles. The molecule has 4 heterocycles. The Kier molecular flexibility index (Phi) is 5.29. The van der Waals surface area contributed by atoms with E-state index < -0.39 is 5.82 Å². The van der Waals surface area contributed by atoms with Gasteiger partial charge in [0.2, 0.25) is 0 Å². The summed E-state index contributed by atoms with van der Waals surface area (Å²) in [5.41, 5.74) is 1.41. The molecule has 0 amide bonds. The fourth-order valence-corrected chi connectivity index (χ4v) is 4.68. The minimum absolute atomic E-state index is 0.170. The van der Waals surface area contributed by atoms with Crippen molar-refractivity contribution in [3.05, 3.63) is 35.5 Å². The van der Waals surface area contributed by atoms with Crippen LogP contribution in [0.1, 0.15) is 12.8 Å². The van der Waals surface area contributed by atoms with Crippen molar-refractivity contribution < 1.29 is 9.13 Å². The van der Waals surface area contributed by atoms with Gasteiger partial charge in [-0.05, 0) is 18.9 Å². The minimum atomic E-state index is -0.483. The number of ether oxygens (including phenoxy) is 1. The average molecular weight is 435 g/mol. The SMILES string of the molecule is Fc1cnc(-c2c[nH]c3ncc(Cl)cc23)nc1NCC1COCCN1SC1CC1. The summed E-state index contributed by atoms with van der Waals surface area (Å²) in [6.45, 7) is 2.79. The molecule has 2 fully saturated rings. The maximum absolute atomic E-state index is 14.4. The van der Waals surface area contributed by atoms with E-state index in [-0.39, 0.29) is 11.9 Å². The van der Waals surface area contributed by atoms with E-state index in [9.17, 15) is 4.39 Å². The average Bonchev–Trinajstić information content (AvgIpc) is 3.45. The Bertz CT molecular complexity index is 1030. The van der Waals surface area contributed by atoms with Gasteiger partial charge in [-0.1, -0.05) is 23.5 Å². The minimum Gasteiger partial charge on any atom is -0.378 e. The van der Waals surface area contributed by atoms with Crippen LogP contribution < -0.4 is 5.32 Å². The standard InChI is InChI=1S/C19H20ClFN6OS/c20-11-5-14-15(8-24-17(14)22-6-11)18-25-9-16(21)19(26-18)23-7-12-10-28-4-3-27(12)29-13-1-2-13/h5-6,8-9,12-13H,1-4,7,10H2,(H,22,24)(H,23,25,26). The highest BCUT2D eigenvalue weighted by atomic mass is 35.5. The number of anilines is 1. The third-order valence-electron chi connectivity index (χ3n) is 4.97. The molecular weight excluding hydrogens is 415 g/mol. The second-order valence-electron chi connectivity index (χ2n) is 7.20. The first-order chi connectivity index (χ1) is 14.2. The van der Waals surface area contributed by atoms with Crippen LogP contribution in [-0.2, 0) is 4.74 Å². The normalized spacial score (nSPS) is 20.3. The molecule has 0 spiro atoms. The van der Waals surface area contributed by atoms with Gasteiger partial charge in [0.15, 0.2) is 17.5 Å². The molecule has 1 saturated heterocycles. The third-order valence-corrected chi connectivity index (χ3v) is 6.70. The van der Waals surface area contributed by atoms with E-state index in [0.29, 0.717) is 29.6 Å². The Balaban J connectivity index is 1.35. The molecule has 0 aromatic carbocycles. The lowest BCUT2D eigenvalue weighted by atomic mass is 10.2. The lowest BCUT2D eigenvalue weighted by Gasteiger charge is -2.34. The van der Waals surface area contributed by atoms with Gasteiger partial charge in [-0.2, -0.15) is 0 Å². The second kappa shape index (κ2) is 8.06. The maximum atomic E-state index is 14.4. The lowest BCUT2D eigenvalue weighted by molar-refractivity contribution is 0.0419. The Hall–Kier alpha value is -1.94. The van der Waals surface area contributed by atoms with Crippen molar-refractivity contribution in [3.63, 3.8) is 0 Å². The molecule has 1 atom stereocenters. The highest BCUT2D eigenvalue weighted by Gasteiger charge is 2.31. The first kappa shape index (κ1) is 19.0. The molecule has 2 N–H and O–H groups in total. The Morgan fingerprint density at radius 3 is 3.10 bits per heavy atom. The fourth-order valence-electron chi connectivity index (χ4n) is 3.30. The number of hydrogen-bond acceptors (Lipinski definition) is 7. The zero-order chi connectivity index (χ0) is 19.8. The summed E-state index contributed by atoms with van der Waals surface area (Å²) in [7, 11) is 0. The van der Waals surface area contributed by atoms with Gasteiger partial charge in [-0.15, -0.1) is 0 Å². The van der Waals surface area contributed by atoms with E-state index in [2.05, 4.69) is 29.6 Å². The largest absolute Gasteiger partial charge is 0.378 e. The molecule has 29 heavy (non-hydrogen) atoms. The molecule has 1 unspecified atom stereocenters. The van der Waals surface area contributed by atoms with Gasteiger partial charge >= 0.3 is 0 Å². The summed E-state index contributed by atoms with van der Waals surface area (Å²) in [4.78, 5) is 15.9. The highest BCUT2D eigenvalue weighted by molar-refractivity contribution is 7.97. The molecular formula is C19H20ClFN6OS. The maximum Gasteiger partial charge on any atom is 0.183 e. The van der Waals surface area contributed by atoms with Crippen molar-refractivity contribution in [2.24, 2.45) is 0 Å². The van der Waals surface area contributed by atoms with Gasteiger partial charge < -0.3 is 15.0 Å². The van der Waals surface area contributed by atoms with Crippen molar-refractivity contribution >= 4 is 40.4 Å². The summed E-state index contributed by atoms with van der Waals surface area (Å²) in [6, 6.07) is 1.96. The number of nitrogens with one attached hydrogen (secondary N) is 2. The van der Waals surface area contributed by atoms with Crippen LogP contribution in [0.3, 0.4) is 0 Å². The predicted octanol–water partition coefficient (Wildman–Crippen LogP) is 3.74. The molecule has 7 nitrogen and oxygen atoms in total. The quantitative estimate of drug-likeness (QED) is 0.572. The highest BCUT2D eigenvalue weighted by Crippen LogP contribution is 2.38. The van der Waals surface area contributed by atoms with Gasteiger partial charge in [0.05, 0.1) is 30.5 Å². The zero-order valence-electron chi connectivity index (χ0n) is 15.6. The monoisotopic (exact) mass is 434 g/mol. The third kappa shape index (κ3) is 4.18. The van der Waals surface area contributed by atoms with E-state index >= 15 is 0 Å².